The number of rotatable bonds is 1. The standard InChI is InChI=1S/C16H14N2OS.CHF3O3S/c1-18-13-9-5-3-7-11(13)15(17-16(20)19-2)12-8-4-6-10-14(12)18;2-1(3,4)8(5,6)7/h3-10H,1-2H3;(H,5,6,7). The van der Waals surface area contributed by atoms with Crippen molar-refractivity contribution in [3.05, 3.63) is 48.5 Å². The largest absolute Gasteiger partial charge is 0.741 e. The SMILES string of the molecule is COC(=S)Nc1c2ccccc2[n+](C)c2ccccc12.O=S(=O)([O-])C(F)(F)F. The van der Waals surface area contributed by atoms with Gasteiger partial charge in [-0.15, -0.1) is 0 Å². The van der Waals surface area contributed by atoms with Crippen molar-refractivity contribution in [1.82, 2.24) is 0 Å². The van der Waals surface area contributed by atoms with E-state index < -0.39 is 15.6 Å². The Morgan fingerprint density at radius 3 is 1.82 bits per heavy atom. The molecule has 0 aliphatic carbocycles. The molecule has 0 fully saturated rings. The number of anilines is 1. The molecule has 0 bridgehead atoms. The Morgan fingerprint density at radius 2 is 1.46 bits per heavy atom. The molecule has 150 valence electrons. The summed E-state index contributed by atoms with van der Waals surface area (Å²) in [5.41, 5.74) is -2.37. The van der Waals surface area contributed by atoms with Gasteiger partial charge in [0.05, 0.1) is 23.6 Å². The number of halogens is 3. The van der Waals surface area contributed by atoms with Gasteiger partial charge in [0.1, 0.15) is 7.05 Å². The number of nitrogens with zero attached hydrogens (tertiary/aromatic N) is 1. The van der Waals surface area contributed by atoms with Gasteiger partial charge in [-0.25, -0.2) is 8.42 Å². The van der Waals surface area contributed by atoms with Crippen LogP contribution in [0.4, 0.5) is 18.9 Å². The van der Waals surface area contributed by atoms with Crippen LogP contribution < -0.4 is 9.88 Å². The van der Waals surface area contributed by atoms with E-state index in [1.807, 2.05) is 24.3 Å². The summed E-state index contributed by atoms with van der Waals surface area (Å²) >= 11 is 5.16. The van der Waals surface area contributed by atoms with Gasteiger partial charge in [-0.1, -0.05) is 24.3 Å². The van der Waals surface area contributed by atoms with Gasteiger partial charge in [-0.05, 0) is 24.4 Å². The maximum atomic E-state index is 10.7. The molecule has 0 aliphatic rings. The summed E-state index contributed by atoms with van der Waals surface area (Å²) in [6, 6.07) is 16.5. The van der Waals surface area contributed by atoms with Crippen LogP contribution in [0.1, 0.15) is 0 Å². The highest BCUT2D eigenvalue weighted by atomic mass is 32.2. The predicted octanol–water partition coefficient (Wildman–Crippen LogP) is 3.21. The van der Waals surface area contributed by atoms with Crippen molar-refractivity contribution in [2.75, 3.05) is 12.4 Å². The van der Waals surface area contributed by atoms with E-state index >= 15 is 0 Å². The zero-order valence-electron chi connectivity index (χ0n) is 14.6. The first-order valence-corrected chi connectivity index (χ1v) is 9.45. The minimum absolute atomic E-state index is 0.370. The first-order chi connectivity index (χ1) is 13.0. The van der Waals surface area contributed by atoms with Crippen molar-refractivity contribution in [1.29, 1.82) is 0 Å². The van der Waals surface area contributed by atoms with Gasteiger partial charge in [-0.2, -0.15) is 17.7 Å². The maximum Gasteiger partial charge on any atom is 0.485 e. The minimum atomic E-state index is -6.09. The van der Waals surface area contributed by atoms with Gasteiger partial charge in [-0.3, -0.25) is 0 Å². The molecular formula is C17H15F3N2O4S2. The van der Waals surface area contributed by atoms with Crippen molar-refractivity contribution >= 4 is 55.0 Å². The average molecular weight is 432 g/mol. The predicted molar refractivity (Wildman–Crippen MR) is 102 cm³/mol. The van der Waals surface area contributed by atoms with Crippen LogP contribution in [0.3, 0.4) is 0 Å². The Bertz CT molecular complexity index is 1080. The molecule has 1 heterocycles. The zero-order chi connectivity index (χ0) is 21.1. The fourth-order valence-electron chi connectivity index (χ4n) is 2.52. The van der Waals surface area contributed by atoms with Crippen LogP contribution in [0, 0.1) is 0 Å². The number of benzene rings is 2. The second-order valence-electron chi connectivity index (χ2n) is 5.48. The fraction of sp³-hybridized carbons (Fsp3) is 0.176. The van der Waals surface area contributed by atoms with Gasteiger partial charge < -0.3 is 14.6 Å². The summed E-state index contributed by atoms with van der Waals surface area (Å²) < 4.78 is 66.2. The number of hydrogen-bond donors (Lipinski definition) is 1. The van der Waals surface area contributed by atoms with Crippen LogP contribution in [-0.2, 0) is 21.9 Å². The molecule has 0 aliphatic heterocycles. The first kappa shape index (κ1) is 21.8. The number of para-hydroxylation sites is 2. The number of fused-ring (bicyclic) bond motifs is 2. The van der Waals surface area contributed by atoms with Crippen molar-refractivity contribution < 1.29 is 35.4 Å². The van der Waals surface area contributed by atoms with E-state index in [0.29, 0.717) is 5.17 Å². The minimum Gasteiger partial charge on any atom is -0.741 e. The molecule has 0 saturated carbocycles. The first-order valence-electron chi connectivity index (χ1n) is 7.64. The zero-order valence-corrected chi connectivity index (χ0v) is 16.3. The molecule has 1 N–H and O–H groups in total. The van der Waals surface area contributed by atoms with Crippen molar-refractivity contribution in [2.45, 2.75) is 5.51 Å². The molecule has 0 spiro atoms. The van der Waals surface area contributed by atoms with Crippen LogP contribution >= 0.6 is 12.2 Å². The molecule has 11 heteroatoms. The van der Waals surface area contributed by atoms with E-state index in [0.717, 1.165) is 27.5 Å². The summed E-state index contributed by atoms with van der Waals surface area (Å²) in [6.45, 7) is 0. The topological polar surface area (TPSA) is 82.3 Å². The van der Waals surface area contributed by atoms with Crippen molar-refractivity contribution in [3.63, 3.8) is 0 Å². The van der Waals surface area contributed by atoms with Crippen molar-refractivity contribution in [2.24, 2.45) is 7.05 Å². The molecule has 6 nitrogen and oxygen atoms in total. The molecule has 3 aromatic rings. The highest BCUT2D eigenvalue weighted by Gasteiger charge is 2.36. The van der Waals surface area contributed by atoms with E-state index in [4.69, 9.17) is 29.9 Å². The second-order valence-corrected chi connectivity index (χ2v) is 7.23. The number of methoxy groups -OCH3 is 1. The van der Waals surface area contributed by atoms with E-state index in [1.54, 1.807) is 7.11 Å². The summed E-state index contributed by atoms with van der Waals surface area (Å²) in [7, 11) is -2.45. The molecular weight excluding hydrogens is 417 g/mol. The molecule has 3 rings (SSSR count). The second kappa shape index (κ2) is 8.25. The lowest BCUT2D eigenvalue weighted by Crippen LogP contribution is -2.30. The summed E-state index contributed by atoms with van der Waals surface area (Å²) in [6.07, 6.45) is 0. The highest BCUT2D eigenvalue weighted by molar-refractivity contribution is 7.86. The lowest BCUT2D eigenvalue weighted by atomic mass is 10.1. The van der Waals surface area contributed by atoms with Crippen LogP contribution in [0.25, 0.3) is 21.8 Å². The lowest BCUT2D eigenvalue weighted by Gasteiger charge is -2.12. The smallest absolute Gasteiger partial charge is 0.485 e. The third-order valence-electron chi connectivity index (χ3n) is 3.77. The fourth-order valence-corrected chi connectivity index (χ4v) is 2.62. The third-order valence-corrected chi connectivity index (χ3v) is 4.60. The molecule has 0 unspecified atom stereocenters. The number of aromatic nitrogens is 1. The maximum absolute atomic E-state index is 10.7. The average Bonchev–Trinajstić information content (AvgIpc) is 2.64. The van der Waals surface area contributed by atoms with Gasteiger partial charge in [0.15, 0.2) is 10.1 Å². The number of thiocarbonyl (C=S) groups is 1. The number of nitrogens with one attached hydrogen (secondary N) is 1. The summed E-state index contributed by atoms with van der Waals surface area (Å²) in [4.78, 5) is 0. The lowest BCUT2D eigenvalue weighted by molar-refractivity contribution is -0.617. The molecule has 0 atom stereocenters. The Labute approximate surface area is 164 Å². The monoisotopic (exact) mass is 432 g/mol. The molecule has 28 heavy (non-hydrogen) atoms. The van der Waals surface area contributed by atoms with Crippen molar-refractivity contribution in [3.8, 4) is 0 Å². The molecule has 2 aromatic carbocycles. The molecule has 0 amide bonds. The quantitative estimate of drug-likeness (QED) is 0.209. The van der Waals surface area contributed by atoms with E-state index in [9.17, 15) is 13.2 Å². The Morgan fingerprint density at radius 1 is 1.07 bits per heavy atom. The van der Waals surface area contributed by atoms with Crippen LogP contribution in [0.5, 0.6) is 0 Å². The highest BCUT2D eigenvalue weighted by Crippen LogP contribution is 2.29. The van der Waals surface area contributed by atoms with E-state index in [-0.39, 0.29) is 0 Å². The summed E-state index contributed by atoms with van der Waals surface area (Å²) in [5, 5.41) is 5.81. The number of alkyl halides is 3. The van der Waals surface area contributed by atoms with E-state index in [2.05, 4.69) is 41.2 Å². The molecule has 0 saturated heterocycles. The number of ether oxygens (including phenoxy) is 1. The van der Waals surface area contributed by atoms with Gasteiger partial charge in [0.2, 0.25) is 11.0 Å². The van der Waals surface area contributed by atoms with E-state index in [1.165, 1.54) is 0 Å². The normalized spacial score (nSPS) is 11.6. The Balaban J connectivity index is 0.000000300. The number of pyridine rings is 1. The van der Waals surface area contributed by atoms with Gasteiger partial charge in [0, 0.05) is 12.1 Å². The van der Waals surface area contributed by atoms with Crippen LogP contribution in [0.15, 0.2) is 48.5 Å². The Hall–Kier alpha value is -2.50. The van der Waals surface area contributed by atoms with Crippen LogP contribution in [-0.4, -0.2) is 30.8 Å². The third kappa shape index (κ3) is 4.66. The Kier molecular flexibility index (Phi) is 6.42. The summed E-state index contributed by atoms with van der Waals surface area (Å²) in [5.74, 6) is 0. The van der Waals surface area contributed by atoms with Crippen LogP contribution in [0.2, 0.25) is 0 Å². The molecule has 0 radical (unpaired) electrons. The van der Waals surface area contributed by atoms with Gasteiger partial charge >= 0.3 is 5.51 Å². The van der Waals surface area contributed by atoms with Gasteiger partial charge in [0.25, 0.3) is 5.17 Å². The number of hydrogen-bond acceptors (Lipinski definition) is 5. The number of aryl methyl sites for hydroxylation is 1. The molecule has 1 aromatic heterocycles.